The van der Waals surface area contributed by atoms with E-state index in [1.54, 1.807) is 6.20 Å². The van der Waals surface area contributed by atoms with Crippen LogP contribution in [0, 0.1) is 3.57 Å². The van der Waals surface area contributed by atoms with E-state index in [4.69, 9.17) is 0 Å². The van der Waals surface area contributed by atoms with Gasteiger partial charge in [0.1, 0.15) is 0 Å². The van der Waals surface area contributed by atoms with Crippen molar-refractivity contribution >= 4 is 49.4 Å². The number of fused-ring (bicyclic) bond motifs is 1. The molecule has 78 valence electrons. The molecular weight excluding hydrogens is 369 g/mol. The van der Waals surface area contributed by atoms with E-state index in [1.165, 1.54) is 0 Å². The minimum Gasteiger partial charge on any atom is -0.360 e. The number of benzene rings is 1. The highest BCUT2D eigenvalue weighted by Crippen LogP contribution is 2.21. The molecule has 0 saturated carbocycles. The maximum atomic E-state index is 11.9. The van der Waals surface area contributed by atoms with Crippen LogP contribution in [0.25, 0.3) is 10.9 Å². The van der Waals surface area contributed by atoms with Crippen LogP contribution in [-0.2, 0) is 6.42 Å². The average Bonchev–Trinajstić information content (AvgIpc) is 2.23. The van der Waals surface area contributed by atoms with E-state index in [2.05, 4.69) is 27.8 Å². The molecule has 2 aromatic rings. The van der Waals surface area contributed by atoms with Gasteiger partial charge in [-0.2, -0.15) is 0 Å². The number of pyridine rings is 1. The fourth-order valence-corrected chi connectivity index (χ4v) is 2.57. The van der Waals surface area contributed by atoms with Crippen molar-refractivity contribution in [3.8, 4) is 0 Å². The molecule has 0 saturated heterocycles. The van der Waals surface area contributed by atoms with E-state index in [0.717, 1.165) is 30.9 Å². The molecule has 2 nitrogen and oxygen atoms in total. The molecule has 0 fully saturated rings. The molecule has 1 N–H and O–H groups in total. The van der Waals surface area contributed by atoms with Crippen molar-refractivity contribution < 1.29 is 0 Å². The third-order valence-electron chi connectivity index (χ3n) is 2.37. The monoisotopic (exact) mass is 377 g/mol. The van der Waals surface area contributed by atoms with Gasteiger partial charge in [0.2, 0.25) is 5.43 Å². The minimum atomic E-state index is 0.0975. The molecule has 0 bridgehead atoms. The third-order valence-corrected chi connectivity index (χ3v) is 3.63. The summed E-state index contributed by atoms with van der Waals surface area (Å²) in [6, 6.07) is 3.92. The number of rotatable bonds is 1. The number of hydrogen-bond acceptors (Lipinski definition) is 1. The van der Waals surface area contributed by atoms with Crippen LogP contribution in [0.4, 0.5) is 0 Å². The molecule has 1 heterocycles. The van der Waals surface area contributed by atoms with Crippen molar-refractivity contribution in [3.63, 3.8) is 0 Å². The number of H-pyrrole nitrogens is 1. The Labute approximate surface area is 109 Å². The van der Waals surface area contributed by atoms with Crippen molar-refractivity contribution in [2.24, 2.45) is 0 Å². The lowest BCUT2D eigenvalue weighted by Gasteiger charge is -2.05. The number of aryl methyl sites for hydroxylation is 1. The molecule has 1 aromatic carbocycles. The largest absolute Gasteiger partial charge is 0.360 e. The summed E-state index contributed by atoms with van der Waals surface area (Å²) in [5.41, 5.74) is 2.21. The molecule has 1 aromatic heterocycles. The lowest BCUT2D eigenvalue weighted by Crippen LogP contribution is -2.07. The molecule has 0 radical (unpaired) electrons. The van der Waals surface area contributed by atoms with Crippen LogP contribution in [0.3, 0.4) is 0 Å². The predicted molar refractivity (Wildman–Crippen MR) is 74.4 cm³/mol. The Hall–Kier alpha value is -0.360. The van der Waals surface area contributed by atoms with Gasteiger partial charge >= 0.3 is 0 Å². The summed E-state index contributed by atoms with van der Waals surface area (Å²) in [6.45, 7) is 2.08. The maximum absolute atomic E-state index is 11.9. The fraction of sp³-hybridized carbons (Fsp3) is 0.182. The number of halogens is 2. The highest BCUT2D eigenvalue weighted by molar-refractivity contribution is 14.1. The first-order valence-electron chi connectivity index (χ1n) is 4.62. The number of hydrogen-bond donors (Lipinski definition) is 1. The van der Waals surface area contributed by atoms with Crippen molar-refractivity contribution in [2.45, 2.75) is 13.3 Å². The lowest BCUT2D eigenvalue weighted by molar-refractivity contribution is 1.14. The van der Waals surface area contributed by atoms with Gasteiger partial charge in [-0.1, -0.05) is 22.9 Å². The van der Waals surface area contributed by atoms with Crippen LogP contribution in [-0.4, -0.2) is 4.98 Å². The zero-order chi connectivity index (χ0) is 11.0. The summed E-state index contributed by atoms with van der Waals surface area (Å²) >= 11 is 5.48. The van der Waals surface area contributed by atoms with Gasteiger partial charge in [-0.05, 0) is 46.7 Å². The molecule has 0 amide bonds. The topological polar surface area (TPSA) is 32.9 Å². The molecule has 2 rings (SSSR count). The van der Waals surface area contributed by atoms with Crippen LogP contribution in [0.1, 0.15) is 12.5 Å². The zero-order valence-corrected chi connectivity index (χ0v) is 11.8. The second-order valence-electron chi connectivity index (χ2n) is 3.31. The van der Waals surface area contributed by atoms with Crippen molar-refractivity contribution in [2.75, 3.05) is 0 Å². The highest BCUT2D eigenvalue weighted by Gasteiger charge is 2.07. The number of nitrogens with one attached hydrogen (secondary N) is 1. The molecule has 15 heavy (non-hydrogen) atoms. The van der Waals surface area contributed by atoms with E-state index < -0.39 is 0 Å². The molecule has 4 heteroatoms. The Kier molecular flexibility index (Phi) is 3.16. The molecule has 0 atom stereocenters. The van der Waals surface area contributed by atoms with Crippen molar-refractivity contribution in [3.05, 3.63) is 42.2 Å². The normalized spacial score (nSPS) is 10.9. The Balaban J connectivity index is 2.96. The Morgan fingerprint density at radius 2 is 2.20 bits per heavy atom. The molecule has 0 aliphatic rings. The summed E-state index contributed by atoms with van der Waals surface area (Å²) in [7, 11) is 0. The second-order valence-corrected chi connectivity index (χ2v) is 5.38. The first kappa shape index (κ1) is 11.1. The smallest absolute Gasteiger partial charge is 0.202 e. The molecular formula is C11H9BrINO. The van der Waals surface area contributed by atoms with Gasteiger partial charge in [0.15, 0.2) is 0 Å². The molecule has 0 aliphatic carbocycles. The van der Waals surface area contributed by atoms with Crippen molar-refractivity contribution in [1.82, 2.24) is 4.98 Å². The first-order valence-corrected chi connectivity index (χ1v) is 6.50. The summed E-state index contributed by atoms with van der Waals surface area (Å²) < 4.78 is 1.68. The van der Waals surface area contributed by atoms with Crippen LogP contribution >= 0.6 is 38.5 Å². The fourth-order valence-electron chi connectivity index (χ4n) is 1.62. The Morgan fingerprint density at radius 1 is 1.47 bits per heavy atom. The predicted octanol–water partition coefficient (Wildman–Crippen LogP) is 3.46. The molecule has 0 aliphatic heterocycles. The van der Waals surface area contributed by atoms with Gasteiger partial charge in [0.25, 0.3) is 0 Å². The minimum absolute atomic E-state index is 0.0975. The van der Waals surface area contributed by atoms with E-state index in [0.29, 0.717) is 0 Å². The second kappa shape index (κ2) is 4.25. The number of aromatic amines is 1. The van der Waals surface area contributed by atoms with Gasteiger partial charge in [-0.15, -0.1) is 0 Å². The Bertz CT molecular complexity index is 577. The maximum Gasteiger partial charge on any atom is 0.202 e. The van der Waals surface area contributed by atoms with Crippen LogP contribution in [0.2, 0.25) is 0 Å². The number of aromatic nitrogens is 1. The van der Waals surface area contributed by atoms with E-state index in [1.807, 2.05) is 34.7 Å². The average molecular weight is 378 g/mol. The summed E-state index contributed by atoms with van der Waals surface area (Å²) in [5, 5.41) is 0.758. The Morgan fingerprint density at radius 3 is 2.87 bits per heavy atom. The quantitative estimate of drug-likeness (QED) is 0.758. The van der Waals surface area contributed by atoms with Crippen LogP contribution in [0.15, 0.2) is 27.6 Å². The standard InChI is InChI=1S/C11H9BrINO/c1-2-6-3-7(12)4-8-10(6)14-5-9(13)11(8)15/h3-5H,2H2,1H3,(H,14,15). The van der Waals surface area contributed by atoms with E-state index >= 15 is 0 Å². The molecule has 0 unspecified atom stereocenters. The summed E-state index contributed by atoms with van der Waals surface area (Å²) in [4.78, 5) is 15.1. The molecule has 0 spiro atoms. The zero-order valence-electron chi connectivity index (χ0n) is 8.10. The van der Waals surface area contributed by atoms with Gasteiger partial charge in [-0.25, -0.2) is 0 Å². The van der Waals surface area contributed by atoms with Crippen LogP contribution in [0.5, 0.6) is 0 Å². The highest BCUT2D eigenvalue weighted by atomic mass is 127. The summed E-state index contributed by atoms with van der Waals surface area (Å²) in [5.74, 6) is 0. The van der Waals surface area contributed by atoms with Gasteiger partial charge in [-0.3, -0.25) is 4.79 Å². The lowest BCUT2D eigenvalue weighted by atomic mass is 10.1. The van der Waals surface area contributed by atoms with Gasteiger partial charge in [0, 0.05) is 16.1 Å². The SMILES string of the molecule is CCc1cc(Br)cc2c(=O)c(I)c[nH]c12. The van der Waals surface area contributed by atoms with E-state index in [-0.39, 0.29) is 5.43 Å². The van der Waals surface area contributed by atoms with Gasteiger partial charge < -0.3 is 4.98 Å². The summed E-state index contributed by atoms with van der Waals surface area (Å²) in [6.07, 6.45) is 2.67. The first-order chi connectivity index (χ1) is 7.13. The van der Waals surface area contributed by atoms with Gasteiger partial charge in [0.05, 0.1) is 9.09 Å². The third kappa shape index (κ3) is 1.97. The van der Waals surface area contributed by atoms with Crippen LogP contribution < -0.4 is 5.43 Å². The van der Waals surface area contributed by atoms with Crippen molar-refractivity contribution in [1.29, 1.82) is 0 Å². The van der Waals surface area contributed by atoms with E-state index in [9.17, 15) is 4.79 Å².